The summed E-state index contributed by atoms with van der Waals surface area (Å²) in [5.41, 5.74) is 0.474. The van der Waals surface area contributed by atoms with E-state index in [1.165, 1.54) is 12.1 Å². The Morgan fingerprint density at radius 2 is 1.82 bits per heavy atom. The highest BCUT2D eigenvalue weighted by molar-refractivity contribution is 7.89. The third-order valence-electron chi connectivity index (χ3n) is 3.14. The lowest BCUT2D eigenvalue weighted by Crippen LogP contribution is -2.32. The number of likely N-dealkylation sites (N-methyl/N-ethyl adjacent to an activating group) is 2. The maximum Gasteiger partial charge on any atom is 0.253 e. The summed E-state index contributed by atoms with van der Waals surface area (Å²) in [7, 11) is 0.0212. The van der Waals surface area contributed by atoms with E-state index in [1.807, 2.05) is 20.9 Å². The van der Waals surface area contributed by atoms with Crippen molar-refractivity contribution >= 4 is 15.9 Å². The average molecular weight is 327 g/mol. The average Bonchev–Trinajstić information content (AvgIpc) is 2.50. The third-order valence-corrected chi connectivity index (χ3v) is 4.58. The molecule has 1 aromatic carbocycles. The molecule has 0 aliphatic rings. The highest BCUT2D eigenvalue weighted by Gasteiger charge is 2.16. The molecule has 1 aromatic rings. The van der Waals surface area contributed by atoms with E-state index in [4.69, 9.17) is 0 Å². The van der Waals surface area contributed by atoms with Crippen molar-refractivity contribution in [1.82, 2.24) is 14.9 Å². The van der Waals surface area contributed by atoms with Crippen LogP contribution in [-0.4, -0.2) is 53.0 Å². The summed E-state index contributed by atoms with van der Waals surface area (Å²) in [6, 6.07) is 6.01. The normalized spacial score (nSPS) is 11.7. The quantitative estimate of drug-likeness (QED) is 0.744. The topological polar surface area (TPSA) is 78.5 Å². The van der Waals surface area contributed by atoms with Crippen LogP contribution >= 0.6 is 0 Å². The fourth-order valence-electron chi connectivity index (χ4n) is 1.74. The van der Waals surface area contributed by atoms with Gasteiger partial charge in [0.15, 0.2) is 0 Å². The van der Waals surface area contributed by atoms with Gasteiger partial charge in [0.2, 0.25) is 10.0 Å². The van der Waals surface area contributed by atoms with E-state index in [-0.39, 0.29) is 16.7 Å². The Bertz CT molecular complexity index is 583. The van der Waals surface area contributed by atoms with E-state index >= 15 is 0 Å². The Kier molecular flexibility index (Phi) is 6.99. The number of amides is 1. The van der Waals surface area contributed by atoms with E-state index in [9.17, 15) is 13.2 Å². The minimum atomic E-state index is -3.52. The van der Waals surface area contributed by atoms with Crippen LogP contribution in [0.1, 0.15) is 24.2 Å². The van der Waals surface area contributed by atoms with Gasteiger partial charge < -0.3 is 10.2 Å². The van der Waals surface area contributed by atoms with Gasteiger partial charge in [-0.05, 0) is 37.2 Å². The summed E-state index contributed by atoms with van der Waals surface area (Å²) in [5, 5.41) is 2.98. The van der Waals surface area contributed by atoms with Crippen LogP contribution in [-0.2, 0) is 10.0 Å². The maximum atomic E-state index is 12.2. The van der Waals surface area contributed by atoms with Gasteiger partial charge in [-0.3, -0.25) is 4.79 Å². The zero-order valence-electron chi connectivity index (χ0n) is 13.6. The van der Waals surface area contributed by atoms with E-state index < -0.39 is 10.0 Å². The lowest BCUT2D eigenvalue weighted by Gasteiger charge is -2.17. The third kappa shape index (κ3) is 5.40. The van der Waals surface area contributed by atoms with Crippen molar-refractivity contribution in [3.8, 4) is 0 Å². The first-order valence-corrected chi connectivity index (χ1v) is 8.76. The minimum Gasteiger partial charge on any atom is -0.340 e. The molecular formula is C15H25N3O3S. The molecule has 0 spiro atoms. The number of rotatable bonds is 8. The fourth-order valence-corrected chi connectivity index (χ4v) is 2.95. The van der Waals surface area contributed by atoms with Crippen LogP contribution in [0.25, 0.3) is 0 Å². The van der Waals surface area contributed by atoms with Gasteiger partial charge in [-0.1, -0.05) is 13.8 Å². The number of carbonyl (C=O) groups excluding carboxylic acids is 1. The van der Waals surface area contributed by atoms with Crippen LogP contribution in [0.2, 0.25) is 0 Å². The summed E-state index contributed by atoms with van der Waals surface area (Å²) >= 11 is 0. The predicted molar refractivity (Wildman–Crippen MR) is 87.4 cm³/mol. The molecule has 0 saturated carbocycles. The highest BCUT2D eigenvalue weighted by Crippen LogP contribution is 2.12. The fraction of sp³-hybridized carbons (Fsp3) is 0.533. The zero-order valence-corrected chi connectivity index (χ0v) is 14.4. The minimum absolute atomic E-state index is 0.130. The van der Waals surface area contributed by atoms with Crippen molar-refractivity contribution in [2.75, 3.05) is 33.7 Å². The molecular weight excluding hydrogens is 302 g/mol. The Morgan fingerprint density at radius 1 is 1.23 bits per heavy atom. The SMILES string of the molecule is CNCCN(C)C(=O)c1ccc(S(=O)(=O)NCC(C)C)cc1. The molecule has 124 valence electrons. The lowest BCUT2D eigenvalue weighted by atomic mass is 10.2. The number of hydrogen-bond donors (Lipinski definition) is 2. The van der Waals surface area contributed by atoms with Crippen LogP contribution in [0.15, 0.2) is 29.2 Å². The van der Waals surface area contributed by atoms with Crippen molar-refractivity contribution in [3.63, 3.8) is 0 Å². The monoisotopic (exact) mass is 327 g/mol. The second kappa shape index (κ2) is 8.26. The first kappa shape index (κ1) is 18.6. The number of carbonyl (C=O) groups is 1. The number of benzene rings is 1. The molecule has 6 nitrogen and oxygen atoms in total. The highest BCUT2D eigenvalue weighted by atomic mass is 32.2. The summed E-state index contributed by atoms with van der Waals surface area (Å²) in [6.07, 6.45) is 0. The van der Waals surface area contributed by atoms with Crippen LogP contribution in [0.3, 0.4) is 0 Å². The van der Waals surface area contributed by atoms with Gasteiger partial charge in [0, 0.05) is 32.2 Å². The standard InChI is InChI=1S/C15H25N3O3S/c1-12(2)11-17-22(20,21)14-7-5-13(6-8-14)15(19)18(4)10-9-16-3/h5-8,12,16-17H,9-11H2,1-4H3. The van der Waals surface area contributed by atoms with Crippen molar-refractivity contribution < 1.29 is 13.2 Å². The van der Waals surface area contributed by atoms with Gasteiger partial charge in [0.25, 0.3) is 5.91 Å². The summed E-state index contributed by atoms with van der Waals surface area (Å²) in [4.78, 5) is 13.9. The molecule has 0 bridgehead atoms. The number of hydrogen-bond acceptors (Lipinski definition) is 4. The molecule has 0 aliphatic carbocycles. The lowest BCUT2D eigenvalue weighted by molar-refractivity contribution is 0.0796. The zero-order chi connectivity index (χ0) is 16.8. The number of nitrogens with one attached hydrogen (secondary N) is 2. The first-order valence-electron chi connectivity index (χ1n) is 7.27. The van der Waals surface area contributed by atoms with E-state index in [2.05, 4.69) is 10.0 Å². The van der Waals surface area contributed by atoms with Gasteiger partial charge in [0.05, 0.1) is 4.90 Å². The van der Waals surface area contributed by atoms with Gasteiger partial charge in [-0.25, -0.2) is 13.1 Å². The molecule has 0 aromatic heterocycles. The summed E-state index contributed by atoms with van der Waals surface area (Å²) in [6.45, 7) is 5.55. The van der Waals surface area contributed by atoms with Crippen LogP contribution in [0, 0.1) is 5.92 Å². The first-order chi connectivity index (χ1) is 10.3. The summed E-state index contributed by atoms with van der Waals surface area (Å²) < 4.78 is 26.7. The predicted octanol–water partition coefficient (Wildman–Crippen LogP) is 0.912. The molecule has 0 atom stereocenters. The molecule has 0 radical (unpaired) electrons. The molecule has 2 N–H and O–H groups in total. The number of sulfonamides is 1. The van der Waals surface area contributed by atoms with Crippen molar-refractivity contribution in [1.29, 1.82) is 0 Å². The second-order valence-electron chi connectivity index (χ2n) is 5.60. The van der Waals surface area contributed by atoms with E-state index in [0.29, 0.717) is 25.2 Å². The van der Waals surface area contributed by atoms with Crippen molar-refractivity contribution in [2.45, 2.75) is 18.7 Å². The molecule has 0 aliphatic heterocycles. The Hall–Kier alpha value is -1.44. The molecule has 0 fully saturated rings. The summed E-state index contributed by atoms with van der Waals surface area (Å²) in [5.74, 6) is 0.103. The Labute approximate surface area is 132 Å². The van der Waals surface area contributed by atoms with Crippen molar-refractivity contribution in [2.24, 2.45) is 5.92 Å². The molecule has 1 amide bonds. The Balaban J connectivity index is 2.80. The smallest absolute Gasteiger partial charge is 0.253 e. The molecule has 1 rings (SSSR count). The molecule has 22 heavy (non-hydrogen) atoms. The molecule has 0 saturated heterocycles. The second-order valence-corrected chi connectivity index (χ2v) is 7.37. The Morgan fingerprint density at radius 3 is 2.32 bits per heavy atom. The maximum absolute atomic E-state index is 12.2. The van der Waals surface area contributed by atoms with Crippen LogP contribution < -0.4 is 10.0 Å². The van der Waals surface area contributed by atoms with E-state index in [1.54, 1.807) is 24.1 Å². The molecule has 7 heteroatoms. The van der Waals surface area contributed by atoms with E-state index in [0.717, 1.165) is 0 Å². The van der Waals surface area contributed by atoms with Gasteiger partial charge in [-0.15, -0.1) is 0 Å². The molecule has 0 heterocycles. The number of nitrogens with zero attached hydrogens (tertiary/aromatic N) is 1. The molecule has 0 unspecified atom stereocenters. The largest absolute Gasteiger partial charge is 0.340 e. The van der Waals surface area contributed by atoms with Gasteiger partial charge in [0.1, 0.15) is 0 Å². The van der Waals surface area contributed by atoms with Gasteiger partial charge >= 0.3 is 0 Å². The van der Waals surface area contributed by atoms with Crippen LogP contribution in [0.5, 0.6) is 0 Å². The van der Waals surface area contributed by atoms with Crippen molar-refractivity contribution in [3.05, 3.63) is 29.8 Å². The van der Waals surface area contributed by atoms with Crippen LogP contribution in [0.4, 0.5) is 0 Å². The van der Waals surface area contributed by atoms with Gasteiger partial charge in [-0.2, -0.15) is 0 Å².